The Morgan fingerprint density at radius 1 is 1.27 bits per heavy atom. The summed E-state index contributed by atoms with van der Waals surface area (Å²) in [5.41, 5.74) is 0.508. The Hall–Kier alpha value is -1.92. The summed E-state index contributed by atoms with van der Waals surface area (Å²) < 4.78 is 34.2. The lowest BCUT2D eigenvalue weighted by atomic mass is 10.1. The Morgan fingerprint density at radius 3 is 2.68 bits per heavy atom. The summed E-state index contributed by atoms with van der Waals surface area (Å²) in [7, 11) is 0. The highest BCUT2D eigenvalue weighted by Crippen LogP contribution is 2.22. The van der Waals surface area contributed by atoms with Gasteiger partial charge in [-0.15, -0.1) is 0 Å². The Morgan fingerprint density at radius 2 is 2.05 bits per heavy atom. The first kappa shape index (κ1) is 16.5. The Labute approximate surface area is 127 Å². The molecule has 0 amide bonds. The number of benzene rings is 1. The largest absolute Gasteiger partial charge is 0.465 e. The minimum atomic E-state index is -2.88. The molecule has 0 aliphatic heterocycles. The predicted molar refractivity (Wildman–Crippen MR) is 77.9 cm³/mol. The summed E-state index contributed by atoms with van der Waals surface area (Å²) in [5, 5.41) is 13.3. The van der Waals surface area contributed by atoms with Gasteiger partial charge in [-0.25, -0.2) is 0 Å². The fourth-order valence-corrected chi connectivity index (χ4v) is 2.09. The van der Waals surface area contributed by atoms with E-state index in [9.17, 15) is 13.9 Å². The molecule has 2 unspecified atom stereocenters. The molecule has 1 aromatic carbocycles. The van der Waals surface area contributed by atoms with E-state index < -0.39 is 12.7 Å². The van der Waals surface area contributed by atoms with Crippen molar-refractivity contribution in [1.82, 2.24) is 5.32 Å². The maximum absolute atomic E-state index is 12.2. The minimum Gasteiger partial charge on any atom is -0.465 e. The topological polar surface area (TPSA) is 54.6 Å². The van der Waals surface area contributed by atoms with E-state index in [0.717, 1.165) is 11.5 Å². The number of furan rings is 1. The lowest BCUT2D eigenvalue weighted by molar-refractivity contribution is -0.0499. The van der Waals surface area contributed by atoms with Gasteiger partial charge in [0.2, 0.25) is 0 Å². The first-order chi connectivity index (χ1) is 10.5. The third-order valence-electron chi connectivity index (χ3n) is 3.27. The summed E-state index contributed by atoms with van der Waals surface area (Å²) in [5.74, 6) is 1.63. The molecule has 0 aliphatic carbocycles. The fourth-order valence-electron chi connectivity index (χ4n) is 2.09. The van der Waals surface area contributed by atoms with Gasteiger partial charge in [0.05, 0.1) is 12.1 Å². The van der Waals surface area contributed by atoms with Crippen LogP contribution in [0.1, 0.15) is 36.2 Å². The molecule has 0 fully saturated rings. The number of aliphatic hydroxyl groups excluding tert-OH is 1. The lowest BCUT2D eigenvalue weighted by Gasteiger charge is -2.16. The summed E-state index contributed by atoms with van der Waals surface area (Å²) >= 11 is 0. The highest BCUT2D eigenvalue weighted by atomic mass is 19.3. The lowest BCUT2D eigenvalue weighted by Crippen LogP contribution is -2.24. The van der Waals surface area contributed by atoms with Crippen LogP contribution in [0.15, 0.2) is 40.8 Å². The van der Waals surface area contributed by atoms with E-state index in [1.807, 2.05) is 26.0 Å². The first-order valence-corrected chi connectivity index (χ1v) is 6.98. The van der Waals surface area contributed by atoms with E-state index >= 15 is 0 Å². The van der Waals surface area contributed by atoms with Gasteiger partial charge in [0.1, 0.15) is 17.3 Å². The third-order valence-corrected chi connectivity index (χ3v) is 3.27. The van der Waals surface area contributed by atoms with Gasteiger partial charge in [0.25, 0.3) is 0 Å². The number of hydrogen-bond acceptors (Lipinski definition) is 4. The van der Waals surface area contributed by atoms with Gasteiger partial charge in [-0.3, -0.25) is 0 Å². The van der Waals surface area contributed by atoms with Crippen LogP contribution in [-0.2, 0) is 0 Å². The average molecular weight is 311 g/mol. The molecule has 2 aromatic rings. The second kappa shape index (κ2) is 7.38. The molecule has 0 saturated heterocycles. The molecular weight excluding hydrogens is 292 g/mol. The number of aryl methyl sites for hydroxylation is 1. The Balaban J connectivity index is 1.93. The van der Waals surface area contributed by atoms with Crippen molar-refractivity contribution in [3.63, 3.8) is 0 Å². The van der Waals surface area contributed by atoms with Crippen LogP contribution in [0.2, 0.25) is 0 Å². The number of ether oxygens (including phenoxy) is 1. The second-order valence-corrected chi connectivity index (χ2v) is 5.05. The zero-order valence-corrected chi connectivity index (χ0v) is 12.4. The van der Waals surface area contributed by atoms with Crippen LogP contribution < -0.4 is 10.1 Å². The van der Waals surface area contributed by atoms with Crippen LogP contribution in [0, 0.1) is 6.92 Å². The number of rotatable bonds is 7. The SMILES string of the molecule is Cc1ccc(C(C)NCC(O)c2cccc(OC(F)F)c2)o1. The predicted octanol–water partition coefficient (Wildman–Crippen LogP) is 3.57. The van der Waals surface area contributed by atoms with Crippen LogP contribution in [0.3, 0.4) is 0 Å². The molecule has 6 heteroatoms. The van der Waals surface area contributed by atoms with E-state index in [1.54, 1.807) is 12.1 Å². The minimum absolute atomic E-state index is 0.0289. The molecule has 0 saturated carbocycles. The first-order valence-electron chi connectivity index (χ1n) is 6.98. The summed E-state index contributed by atoms with van der Waals surface area (Å²) in [4.78, 5) is 0. The van der Waals surface area contributed by atoms with E-state index in [0.29, 0.717) is 5.56 Å². The van der Waals surface area contributed by atoms with Crippen LogP contribution in [0.4, 0.5) is 8.78 Å². The molecule has 2 atom stereocenters. The summed E-state index contributed by atoms with van der Waals surface area (Å²) in [6.45, 7) is 1.16. The van der Waals surface area contributed by atoms with Crippen molar-refractivity contribution in [2.45, 2.75) is 32.6 Å². The summed E-state index contributed by atoms with van der Waals surface area (Å²) in [6.07, 6.45) is -0.834. The van der Waals surface area contributed by atoms with E-state index in [1.165, 1.54) is 12.1 Å². The van der Waals surface area contributed by atoms with Gasteiger partial charge in [-0.1, -0.05) is 12.1 Å². The van der Waals surface area contributed by atoms with Gasteiger partial charge in [-0.2, -0.15) is 8.78 Å². The van der Waals surface area contributed by atoms with Crippen molar-refractivity contribution >= 4 is 0 Å². The second-order valence-electron chi connectivity index (χ2n) is 5.05. The molecule has 0 aliphatic rings. The number of alkyl halides is 2. The monoisotopic (exact) mass is 311 g/mol. The molecule has 1 aromatic heterocycles. The van der Waals surface area contributed by atoms with Gasteiger partial charge in [-0.05, 0) is 43.7 Å². The van der Waals surface area contributed by atoms with Crippen molar-refractivity contribution in [3.8, 4) is 5.75 Å². The normalized spacial score (nSPS) is 14.1. The van der Waals surface area contributed by atoms with Crippen LogP contribution >= 0.6 is 0 Å². The molecule has 22 heavy (non-hydrogen) atoms. The smallest absolute Gasteiger partial charge is 0.387 e. The molecule has 2 rings (SSSR count). The van der Waals surface area contributed by atoms with E-state index in [4.69, 9.17) is 4.42 Å². The molecule has 1 heterocycles. The van der Waals surface area contributed by atoms with Crippen molar-refractivity contribution in [2.24, 2.45) is 0 Å². The number of halogens is 2. The molecule has 0 radical (unpaired) electrons. The molecule has 0 bridgehead atoms. The maximum Gasteiger partial charge on any atom is 0.387 e. The molecule has 2 N–H and O–H groups in total. The highest BCUT2D eigenvalue weighted by Gasteiger charge is 2.14. The van der Waals surface area contributed by atoms with Crippen molar-refractivity contribution in [3.05, 3.63) is 53.5 Å². The Bertz CT molecular complexity index is 601. The van der Waals surface area contributed by atoms with Gasteiger partial charge in [0.15, 0.2) is 0 Å². The standard InChI is InChI=1S/C16H19F2NO3/c1-10-6-7-15(21-10)11(2)19-9-14(20)12-4-3-5-13(8-12)22-16(17)18/h3-8,11,14,16,19-20H,9H2,1-2H3. The van der Waals surface area contributed by atoms with Gasteiger partial charge in [0, 0.05) is 6.54 Å². The third kappa shape index (κ3) is 4.54. The van der Waals surface area contributed by atoms with Crippen LogP contribution in [0.5, 0.6) is 5.75 Å². The van der Waals surface area contributed by atoms with Crippen LogP contribution in [0.25, 0.3) is 0 Å². The van der Waals surface area contributed by atoms with Crippen molar-refractivity contribution in [1.29, 1.82) is 0 Å². The summed E-state index contributed by atoms with van der Waals surface area (Å²) in [6, 6.07) is 9.72. The molecular formula is C16H19F2NO3. The zero-order chi connectivity index (χ0) is 16.1. The van der Waals surface area contributed by atoms with E-state index in [-0.39, 0.29) is 18.3 Å². The fraction of sp³-hybridized carbons (Fsp3) is 0.375. The molecule has 4 nitrogen and oxygen atoms in total. The van der Waals surface area contributed by atoms with Crippen LogP contribution in [-0.4, -0.2) is 18.3 Å². The maximum atomic E-state index is 12.2. The van der Waals surface area contributed by atoms with Gasteiger partial charge < -0.3 is 19.6 Å². The molecule has 120 valence electrons. The quantitative estimate of drug-likeness (QED) is 0.821. The zero-order valence-electron chi connectivity index (χ0n) is 12.4. The van der Waals surface area contributed by atoms with Crippen molar-refractivity contribution < 1.29 is 23.0 Å². The van der Waals surface area contributed by atoms with E-state index in [2.05, 4.69) is 10.1 Å². The molecule has 0 spiro atoms. The number of aliphatic hydroxyl groups is 1. The highest BCUT2D eigenvalue weighted by molar-refractivity contribution is 5.30. The Kier molecular flexibility index (Phi) is 5.51. The average Bonchev–Trinajstić information content (AvgIpc) is 2.90. The number of hydrogen-bond donors (Lipinski definition) is 2. The van der Waals surface area contributed by atoms with Crippen molar-refractivity contribution in [2.75, 3.05) is 6.54 Å². The number of nitrogens with one attached hydrogen (secondary N) is 1. The van der Waals surface area contributed by atoms with Gasteiger partial charge >= 0.3 is 6.61 Å².